The molecule has 0 spiro atoms. The van der Waals surface area contributed by atoms with E-state index in [1.165, 1.54) is 10.6 Å². The lowest BCUT2D eigenvalue weighted by molar-refractivity contribution is 1.28. The summed E-state index contributed by atoms with van der Waals surface area (Å²) in [6, 6.07) is 16.2. The van der Waals surface area contributed by atoms with Crippen LogP contribution in [-0.2, 0) is 0 Å². The number of para-hydroxylation sites is 1. The number of benzene rings is 2. The zero-order valence-corrected chi connectivity index (χ0v) is 11.2. The van der Waals surface area contributed by atoms with Gasteiger partial charge < -0.3 is 5.32 Å². The van der Waals surface area contributed by atoms with Crippen LogP contribution in [-0.4, -0.2) is 5.37 Å². The van der Waals surface area contributed by atoms with Gasteiger partial charge in [-0.1, -0.05) is 59.8 Å². The largest absolute Gasteiger partial charge is 0.369 e. The van der Waals surface area contributed by atoms with Crippen LogP contribution >= 0.6 is 23.4 Å². The Morgan fingerprint density at radius 2 is 1.83 bits per heavy atom. The first-order valence-electron chi connectivity index (χ1n) is 5.77. The molecule has 1 nitrogen and oxygen atoms in total. The van der Waals surface area contributed by atoms with Gasteiger partial charge in [-0.3, -0.25) is 0 Å². The standard InChI is InChI=1S/C15H12ClNS/c16-12-8-5-11(6-9-12)7-10-15-17-13-3-1-2-4-14(13)18-15/h1-10,15,17H/b10-7+/t15-/m0/s1. The summed E-state index contributed by atoms with van der Waals surface area (Å²) in [4.78, 5) is 1.31. The van der Waals surface area contributed by atoms with Gasteiger partial charge in [0, 0.05) is 15.6 Å². The number of anilines is 1. The molecule has 0 aliphatic carbocycles. The third kappa shape index (κ3) is 2.55. The SMILES string of the molecule is Clc1ccc(/C=C/[C@H]2Nc3ccccc3S2)cc1. The summed E-state index contributed by atoms with van der Waals surface area (Å²) in [6.45, 7) is 0. The topological polar surface area (TPSA) is 12.0 Å². The summed E-state index contributed by atoms with van der Waals surface area (Å²) in [5.41, 5.74) is 2.38. The predicted octanol–water partition coefficient (Wildman–Crippen LogP) is 4.90. The van der Waals surface area contributed by atoms with E-state index in [2.05, 4.69) is 41.7 Å². The summed E-state index contributed by atoms with van der Waals surface area (Å²) in [5, 5.41) is 4.54. The van der Waals surface area contributed by atoms with Crippen LogP contribution in [0.1, 0.15) is 5.56 Å². The van der Waals surface area contributed by atoms with Gasteiger partial charge in [0.2, 0.25) is 0 Å². The molecule has 2 aromatic carbocycles. The lowest BCUT2D eigenvalue weighted by Crippen LogP contribution is -2.05. The minimum Gasteiger partial charge on any atom is -0.369 e. The predicted molar refractivity (Wildman–Crippen MR) is 80.2 cm³/mol. The lowest BCUT2D eigenvalue weighted by Gasteiger charge is -2.03. The molecular formula is C15H12ClNS. The molecule has 0 radical (unpaired) electrons. The maximum Gasteiger partial charge on any atom is 0.0960 e. The van der Waals surface area contributed by atoms with Crippen molar-refractivity contribution in [1.82, 2.24) is 0 Å². The van der Waals surface area contributed by atoms with Crippen molar-refractivity contribution in [2.24, 2.45) is 0 Å². The first-order chi connectivity index (χ1) is 8.81. The molecule has 3 rings (SSSR count). The van der Waals surface area contributed by atoms with Gasteiger partial charge in [-0.05, 0) is 29.8 Å². The van der Waals surface area contributed by atoms with Crippen molar-refractivity contribution in [2.45, 2.75) is 10.3 Å². The average Bonchev–Trinajstić information content (AvgIpc) is 2.81. The van der Waals surface area contributed by atoms with E-state index in [1.54, 1.807) is 0 Å². The molecule has 0 amide bonds. The van der Waals surface area contributed by atoms with Gasteiger partial charge >= 0.3 is 0 Å². The quantitative estimate of drug-likeness (QED) is 0.835. The van der Waals surface area contributed by atoms with Crippen LogP contribution in [0.25, 0.3) is 6.08 Å². The number of hydrogen-bond donors (Lipinski definition) is 1. The molecule has 1 heterocycles. The fraction of sp³-hybridized carbons (Fsp3) is 0.0667. The lowest BCUT2D eigenvalue weighted by atomic mass is 10.2. The van der Waals surface area contributed by atoms with Gasteiger partial charge in [0.05, 0.1) is 5.37 Å². The van der Waals surface area contributed by atoms with Crippen molar-refractivity contribution in [3.8, 4) is 0 Å². The van der Waals surface area contributed by atoms with E-state index in [-0.39, 0.29) is 0 Å². The van der Waals surface area contributed by atoms with Crippen LogP contribution in [0, 0.1) is 0 Å². The molecule has 0 bridgehead atoms. The number of halogens is 1. The van der Waals surface area contributed by atoms with Crippen LogP contribution in [0.3, 0.4) is 0 Å². The van der Waals surface area contributed by atoms with Gasteiger partial charge in [-0.25, -0.2) is 0 Å². The highest BCUT2D eigenvalue weighted by Gasteiger charge is 2.17. The van der Waals surface area contributed by atoms with E-state index >= 15 is 0 Å². The fourth-order valence-corrected chi connectivity index (χ4v) is 3.02. The third-order valence-electron chi connectivity index (χ3n) is 2.77. The van der Waals surface area contributed by atoms with Gasteiger partial charge in [0.15, 0.2) is 0 Å². The molecule has 1 N–H and O–H groups in total. The molecule has 18 heavy (non-hydrogen) atoms. The highest BCUT2D eigenvalue weighted by molar-refractivity contribution is 8.00. The Kier molecular flexibility index (Phi) is 3.31. The van der Waals surface area contributed by atoms with Crippen molar-refractivity contribution in [2.75, 3.05) is 5.32 Å². The number of rotatable bonds is 2. The molecule has 0 saturated carbocycles. The van der Waals surface area contributed by atoms with Gasteiger partial charge in [-0.2, -0.15) is 0 Å². The summed E-state index contributed by atoms with van der Waals surface area (Å²) in [5.74, 6) is 0. The number of nitrogens with one attached hydrogen (secondary N) is 1. The third-order valence-corrected chi connectivity index (χ3v) is 4.16. The molecule has 0 fully saturated rings. The second kappa shape index (κ2) is 5.09. The molecule has 0 saturated heterocycles. The van der Waals surface area contributed by atoms with Crippen LogP contribution < -0.4 is 5.32 Å². The summed E-state index contributed by atoms with van der Waals surface area (Å²) in [7, 11) is 0. The molecule has 1 aliphatic heterocycles. The fourth-order valence-electron chi connectivity index (χ4n) is 1.87. The second-order valence-corrected chi connectivity index (χ2v) is 5.71. The van der Waals surface area contributed by atoms with Crippen LogP contribution in [0.5, 0.6) is 0 Å². The van der Waals surface area contributed by atoms with Crippen molar-refractivity contribution in [3.05, 3.63) is 65.2 Å². The van der Waals surface area contributed by atoms with Crippen LogP contribution in [0.4, 0.5) is 5.69 Å². The Morgan fingerprint density at radius 3 is 2.61 bits per heavy atom. The Balaban J connectivity index is 1.71. The number of fused-ring (bicyclic) bond motifs is 1. The molecule has 90 valence electrons. The molecule has 3 heteroatoms. The van der Waals surface area contributed by atoms with E-state index < -0.39 is 0 Å². The van der Waals surface area contributed by atoms with Gasteiger partial charge in [0.1, 0.15) is 0 Å². The zero-order chi connectivity index (χ0) is 12.4. The highest BCUT2D eigenvalue weighted by Crippen LogP contribution is 2.38. The van der Waals surface area contributed by atoms with Crippen LogP contribution in [0.2, 0.25) is 5.02 Å². The smallest absolute Gasteiger partial charge is 0.0960 e. The van der Waals surface area contributed by atoms with Crippen molar-refractivity contribution >= 4 is 35.1 Å². The Hall–Kier alpha value is -1.38. The molecular weight excluding hydrogens is 262 g/mol. The Bertz CT molecular complexity index is 552. The maximum absolute atomic E-state index is 5.86. The summed E-state index contributed by atoms with van der Waals surface area (Å²) in [6.07, 6.45) is 4.29. The van der Waals surface area contributed by atoms with Crippen molar-refractivity contribution in [1.29, 1.82) is 0 Å². The summed E-state index contributed by atoms with van der Waals surface area (Å²) < 4.78 is 0. The van der Waals surface area contributed by atoms with Crippen molar-refractivity contribution in [3.63, 3.8) is 0 Å². The van der Waals surface area contributed by atoms with E-state index in [1.807, 2.05) is 36.0 Å². The first kappa shape index (κ1) is 11.7. The Morgan fingerprint density at radius 1 is 1.06 bits per heavy atom. The van der Waals surface area contributed by atoms with E-state index in [0.717, 1.165) is 10.6 Å². The van der Waals surface area contributed by atoms with Crippen LogP contribution in [0.15, 0.2) is 59.5 Å². The summed E-state index contributed by atoms with van der Waals surface area (Å²) >= 11 is 7.69. The maximum atomic E-state index is 5.86. The van der Waals surface area contributed by atoms with E-state index in [0.29, 0.717) is 5.37 Å². The molecule has 1 aliphatic rings. The monoisotopic (exact) mass is 273 g/mol. The molecule has 0 unspecified atom stereocenters. The minimum absolute atomic E-state index is 0.304. The highest BCUT2D eigenvalue weighted by atomic mass is 35.5. The molecule has 0 aromatic heterocycles. The van der Waals surface area contributed by atoms with Gasteiger partial charge in [0.25, 0.3) is 0 Å². The van der Waals surface area contributed by atoms with E-state index in [9.17, 15) is 0 Å². The number of hydrogen-bond acceptors (Lipinski definition) is 2. The average molecular weight is 274 g/mol. The van der Waals surface area contributed by atoms with Crippen molar-refractivity contribution < 1.29 is 0 Å². The molecule has 1 atom stereocenters. The minimum atomic E-state index is 0.304. The normalized spacial score (nSPS) is 17.7. The van der Waals surface area contributed by atoms with E-state index in [4.69, 9.17) is 11.6 Å². The first-order valence-corrected chi connectivity index (χ1v) is 7.03. The van der Waals surface area contributed by atoms with Gasteiger partial charge in [-0.15, -0.1) is 0 Å². The molecule has 2 aromatic rings. The Labute approximate surface area is 116 Å². The second-order valence-electron chi connectivity index (χ2n) is 4.09. The zero-order valence-electron chi connectivity index (χ0n) is 9.64. The number of thioether (sulfide) groups is 1.